The van der Waals surface area contributed by atoms with Crippen molar-refractivity contribution in [1.29, 1.82) is 0 Å². The maximum Gasteiger partial charge on any atom is 0.147 e. The summed E-state index contributed by atoms with van der Waals surface area (Å²) in [4.78, 5) is 16.6. The highest BCUT2D eigenvalue weighted by Crippen LogP contribution is 2.17. The van der Waals surface area contributed by atoms with Gasteiger partial charge in [0.1, 0.15) is 11.6 Å². The Labute approximate surface area is 109 Å². The molecular formula is C14H12FNOS. The van der Waals surface area contributed by atoms with Gasteiger partial charge in [0.25, 0.3) is 0 Å². The van der Waals surface area contributed by atoms with E-state index in [0.29, 0.717) is 11.3 Å². The van der Waals surface area contributed by atoms with Gasteiger partial charge >= 0.3 is 0 Å². The minimum absolute atomic E-state index is 0.0157. The van der Waals surface area contributed by atoms with Crippen molar-refractivity contribution in [3.63, 3.8) is 0 Å². The van der Waals surface area contributed by atoms with E-state index >= 15 is 0 Å². The van der Waals surface area contributed by atoms with Crippen LogP contribution in [-0.2, 0) is 11.2 Å². The van der Waals surface area contributed by atoms with Crippen LogP contribution in [0.15, 0.2) is 53.7 Å². The molecule has 4 heteroatoms. The largest absolute Gasteiger partial charge is 0.298 e. The number of thioether (sulfide) groups is 1. The summed E-state index contributed by atoms with van der Waals surface area (Å²) in [5.41, 5.74) is 0.456. The van der Waals surface area contributed by atoms with Gasteiger partial charge in [0, 0.05) is 23.7 Å². The Kier molecular flexibility index (Phi) is 4.47. The third-order valence-corrected chi connectivity index (χ3v) is 3.47. The molecule has 2 rings (SSSR count). The maximum absolute atomic E-state index is 13.3. The molecule has 1 aromatic heterocycles. The Bertz CT molecular complexity index is 530. The zero-order valence-corrected chi connectivity index (χ0v) is 10.5. The van der Waals surface area contributed by atoms with E-state index < -0.39 is 0 Å². The van der Waals surface area contributed by atoms with Crippen LogP contribution in [-0.4, -0.2) is 16.5 Å². The van der Waals surface area contributed by atoms with Gasteiger partial charge in [-0.15, -0.1) is 11.8 Å². The first-order chi connectivity index (χ1) is 8.75. The molecule has 0 saturated carbocycles. The van der Waals surface area contributed by atoms with Crippen molar-refractivity contribution in [2.45, 2.75) is 11.3 Å². The van der Waals surface area contributed by atoms with Gasteiger partial charge in [-0.3, -0.25) is 9.78 Å². The molecule has 1 aromatic carbocycles. The predicted molar refractivity (Wildman–Crippen MR) is 70.1 cm³/mol. The van der Waals surface area contributed by atoms with Crippen LogP contribution in [0.4, 0.5) is 4.39 Å². The Morgan fingerprint density at radius 2 is 1.89 bits per heavy atom. The van der Waals surface area contributed by atoms with E-state index in [9.17, 15) is 9.18 Å². The van der Waals surface area contributed by atoms with Crippen molar-refractivity contribution in [2.75, 3.05) is 5.75 Å². The standard InChI is InChI=1S/C14H12FNOS/c15-14-4-2-1-3-11(14)9-12(17)10-18-13-5-7-16-8-6-13/h1-8H,9-10H2. The van der Waals surface area contributed by atoms with Crippen molar-refractivity contribution in [2.24, 2.45) is 0 Å². The molecule has 2 nitrogen and oxygen atoms in total. The van der Waals surface area contributed by atoms with Crippen molar-refractivity contribution in [1.82, 2.24) is 4.98 Å². The van der Waals surface area contributed by atoms with E-state index in [2.05, 4.69) is 4.98 Å². The van der Waals surface area contributed by atoms with Gasteiger partial charge in [-0.1, -0.05) is 18.2 Å². The minimum atomic E-state index is -0.320. The second-order valence-electron chi connectivity index (χ2n) is 3.78. The number of halogens is 1. The van der Waals surface area contributed by atoms with E-state index in [1.807, 2.05) is 12.1 Å². The Balaban J connectivity index is 1.88. The lowest BCUT2D eigenvalue weighted by atomic mass is 10.1. The highest BCUT2D eigenvalue weighted by atomic mass is 32.2. The van der Waals surface area contributed by atoms with E-state index in [1.54, 1.807) is 30.6 Å². The van der Waals surface area contributed by atoms with Crippen LogP contribution in [0.3, 0.4) is 0 Å². The Hall–Kier alpha value is -1.68. The van der Waals surface area contributed by atoms with E-state index in [4.69, 9.17) is 0 Å². The highest BCUT2D eigenvalue weighted by molar-refractivity contribution is 8.00. The van der Waals surface area contributed by atoms with Crippen LogP contribution in [0.1, 0.15) is 5.56 Å². The molecule has 0 fully saturated rings. The summed E-state index contributed by atoms with van der Waals surface area (Å²) in [6.45, 7) is 0. The Morgan fingerprint density at radius 1 is 1.17 bits per heavy atom. The molecule has 1 heterocycles. The number of carbonyl (C=O) groups is 1. The van der Waals surface area contributed by atoms with Crippen LogP contribution in [0, 0.1) is 5.82 Å². The lowest BCUT2D eigenvalue weighted by molar-refractivity contribution is -0.116. The molecule has 0 aliphatic rings. The van der Waals surface area contributed by atoms with Crippen molar-refractivity contribution < 1.29 is 9.18 Å². The molecule has 0 aliphatic heterocycles. The predicted octanol–water partition coefficient (Wildman–Crippen LogP) is 3.12. The van der Waals surface area contributed by atoms with Gasteiger partial charge < -0.3 is 0 Å². The number of carbonyl (C=O) groups excluding carboxylic acids is 1. The molecule has 0 aliphatic carbocycles. The average molecular weight is 261 g/mol. The number of ketones is 1. The number of rotatable bonds is 5. The molecule has 18 heavy (non-hydrogen) atoms. The fraction of sp³-hybridized carbons (Fsp3) is 0.143. The summed E-state index contributed by atoms with van der Waals surface area (Å²) in [6, 6.07) is 10.1. The van der Waals surface area contributed by atoms with Crippen molar-refractivity contribution in [3.8, 4) is 0 Å². The number of hydrogen-bond donors (Lipinski definition) is 0. The zero-order chi connectivity index (χ0) is 12.8. The SMILES string of the molecule is O=C(CSc1ccncc1)Cc1ccccc1F. The summed E-state index contributed by atoms with van der Waals surface area (Å²) in [5, 5.41) is 0. The first-order valence-corrected chi connectivity index (χ1v) is 6.52. The highest BCUT2D eigenvalue weighted by Gasteiger charge is 2.08. The smallest absolute Gasteiger partial charge is 0.147 e. The fourth-order valence-corrected chi connectivity index (χ4v) is 2.25. The van der Waals surface area contributed by atoms with E-state index in [0.717, 1.165) is 4.90 Å². The number of nitrogens with zero attached hydrogens (tertiary/aromatic N) is 1. The molecule has 0 unspecified atom stereocenters. The summed E-state index contributed by atoms with van der Waals surface area (Å²) < 4.78 is 13.3. The number of pyridine rings is 1. The maximum atomic E-state index is 13.3. The summed E-state index contributed by atoms with van der Waals surface area (Å²) in [7, 11) is 0. The monoisotopic (exact) mass is 261 g/mol. The van der Waals surface area contributed by atoms with Gasteiger partial charge in [0.15, 0.2) is 0 Å². The summed E-state index contributed by atoms with van der Waals surface area (Å²) >= 11 is 1.44. The van der Waals surface area contributed by atoms with Gasteiger partial charge in [-0.2, -0.15) is 0 Å². The van der Waals surface area contributed by atoms with Gasteiger partial charge in [0.2, 0.25) is 0 Å². The van der Waals surface area contributed by atoms with Crippen molar-refractivity contribution in [3.05, 3.63) is 60.2 Å². The molecule has 0 N–H and O–H groups in total. The third-order valence-electron chi connectivity index (χ3n) is 2.40. The molecule has 0 radical (unpaired) electrons. The zero-order valence-electron chi connectivity index (χ0n) is 9.67. The third kappa shape index (κ3) is 3.67. The van der Waals surface area contributed by atoms with Crippen molar-refractivity contribution >= 4 is 17.5 Å². The normalized spacial score (nSPS) is 10.3. The quantitative estimate of drug-likeness (QED) is 0.775. The number of aromatic nitrogens is 1. The first kappa shape index (κ1) is 12.8. The van der Waals surface area contributed by atoms with Crippen LogP contribution in [0.25, 0.3) is 0 Å². The van der Waals surface area contributed by atoms with Crippen LogP contribution in [0.5, 0.6) is 0 Å². The minimum Gasteiger partial charge on any atom is -0.298 e. The molecule has 0 bridgehead atoms. The van der Waals surface area contributed by atoms with E-state index in [1.165, 1.54) is 17.8 Å². The summed E-state index contributed by atoms with van der Waals surface area (Å²) in [5.74, 6) is 0.0416. The second-order valence-corrected chi connectivity index (χ2v) is 4.83. The van der Waals surface area contributed by atoms with E-state index in [-0.39, 0.29) is 18.0 Å². The van der Waals surface area contributed by atoms with Crippen LogP contribution in [0.2, 0.25) is 0 Å². The second kappa shape index (κ2) is 6.31. The number of hydrogen-bond acceptors (Lipinski definition) is 3. The van der Waals surface area contributed by atoms with Gasteiger partial charge in [-0.25, -0.2) is 4.39 Å². The topological polar surface area (TPSA) is 30.0 Å². The molecular weight excluding hydrogens is 249 g/mol. The summed E-state index contributed by atoms with van der Waals surface area (Å²) in [6.07, 6.45) is 3.51. The van der Waals surface area contributed by atoms with Crippen LogP contribution >= 0.6 is 11.8 Å². The molecule has 0 spiro atoms. The molecule has 0 amide bonds. The molecule has 0 atom stereocenters. The van der Waals surface area contributed by atoms with Gasteiger partial charge in [0.05, 0.1) is 5.75 Å². The number of benzene rings is 1. The molecule has 2 aromatic rings. The lowest BCUT2D eigenvalue weighted by Crippen LogP contribution is -2.07. The lowest BCUT2D eigenvalue weighted by Gasteiger charge is -2.02. The molecule has 92 valence electrons. The first-order valence-electron chi connectivity index (χ1n) is 5.53. The van der Waals surface area contributed by atoms with Gasteiger partial charge in [-0.05, 0) is 23.8 Å². The molecule has 0 saturated heterocycles. The van der Waals surface area contributed by atoms with Crippen LogP contribution < -0.4 is 0 Å². The number of Topliss-reactive ketones (excluding diaryl/α,β-unsaturated/α-hetero) is 1. The Morgan fingerprint density at radius 3 is 2.61 bits per heavy atom. The fourth-order valence-electron chi connectivity index (χ4n) is 1.50. The average Bonchev–Trinajstić information content (AvgIpc) is 2.40.